The minimum atomic E-state index is 0.168. The molecule has 0 radical (unpaired) electrons. The summed E-state index contributed by atoms with van der Waals surface area (Å²) < 4.78 is 10.8. The minimum absolute atomic E-state index is 0.168. The van der Waals surface area contributed by atoms with Gasteiger partial charge >= 0.3 is 0 Å². The van der Waals surface area contributed by atoms with Gasteiger partial charge in [0.25, 0.3) is 0 Å². The Kier molecular flexibility index (Phi) is 4.35. The third kappa shape index (κ3) is 3.04. The lowest BCUT2D eigenvalue weighted by Gasteiger charge is -2.20. The second-order valence-electron chi connectivity index (χ2n) is 4.12. The maximum Gasteiger partial charge on any atom is 0.240 e. The summed E-state index contributed by atoms with van der Waals surface area (Å²) in [7, 11) is 0. The predicted molar refractivity (Wildman–Crippen MR) is 63.6 cm³/mol. The number of ether oxygens (including phenoxy) is 1. The van der Waals surface area contributed by atoms with Crippen LogP contribution >= 0.6 is 15.9 Å². The van der Waals surface area contributed by atoms with E-state index in [4.69, 9.17) is 9.26 Å². The van der Waals surface area contributed by atoms with E-state index in [1.807, 2.05) is 0 Å². The van der Waals surface area contributed by atoms with Crippen LogP contribution in [0.4, 0.5) is 0 Å². The van der Waals surface area contributed by atoms with Crippen molar-refractivity contribution < 1.29 is 9.26 Å². The number of halogens is 1. The Morgan fingerprint density at radius 3 is 3.06 bits per heavy atom. The van der Waals surface area contributed by atoms with Crippen molar-refractivity contribution in [2.75, 3.05) is 6.61 Å². The van der Waals surface area contributed by atoms with E-state index in [-0.39, 0.29) is 10.9 Å². The first kappa shape index (κ1) is 12.0. The van der Waals surface area contributed by atoms with E-state index in [0.717, 1.165) is 31.7 Å². The van der Waals surface area contributed by atoms with Gasteiger partial charge in [0.05, 0.1) is 10.9 Å². The summed E-state index contributed by atoms with van der Waals surface area (Å²) in [5.41, 5.74) is 0. The summed E-state index contributed by atoms with van der Waals surface area (Å²) in [5, 5.41) is 3.98. The number of alkyl halides is 1. The highest BCUT2D eigenvalue weighted by Crippen LogP contribution is 2.24. The van der Waals surface area contributed by atoms with Gasteiger partial charge in [0.1, 0.15) is 0 Å². The summed E-state index contributed by atoms with van der Waals surface area (Å²) in [6, 6.07) is 0. The van der Waals surface area contributed by atoms with E-state index in [1.165, 1.54) is 12.8 Å². The zero-order chi connectivity index (χ0) is 11.4. The van der Waals surface area contributed by atoms with Crippen molar-refractivity contribution in [1.29, 1.82) is 0 Å². The monoisotopic (exact) mass is 288 g/mol. The van der Waals surface area contributed by atoms with E-state index < -0.39 is 0 Å². The van der Waals surface area contributed by atoms with Crippen molar-refractivity contribution in [3.63, 3.8) is 0 Å². The smallest absolute Gasteiger partial charge is 0.240 e. The normalized spacial score (nSPS) is 23.2. The standard InChI is InChI=1S/C11H17BrN2O2/c1-2-9(12)11-13-10(14-16-11)7-8-5-3-4-6-15-8/h8-9H,2-7H2,1H3. The Balaban J connectivity index is 1.91. The van der Waals surface area contributed by atoms with Crippen LogP contribution in [0.5, 0.6) is 0 Å². The van der Waals surface area contributed by atoms with Crippen LogP contribution in [-0.2, 0) is 11.2 Å². The molecule has 1 aromatic heterocycles. The Morgan fingerprint density at radius 2 is 2.38 bits per heavy atom. The van der Waals surface area contributed by atoms with Crippen LogP contribution in [-0.4, -0.2) is 22.9 Å². The molecule has 4 nitrogen and oxygen atoms in total. The van der Waals surface area contributed by atoms with Gasteiger partial charge < -0.3 is 9.26 Å². The number of hydrogen-bond acceptors (Lipinski definition) is 4. The highest BCUT2D eigenvalue weighted by Gasteiger charge is 2.19. The molecule has 0 bridgehead atoms. The van der Waals surface area contributed by atoms with Crippen LogP contribution in [0.2, 0.25) is 0 Å². The second-order valence-corrected chi connectivity index (χ2v) is 5.22. The molecular formula is C11H17BrN2O2. The highest BCUT2D eigenvalue weighted by atomic mass is 79.9. The lowest BCUT2D eigenvalue weighted by atomic mass is 10.1. The van der Waals surface area contributed by atoms with Crippen LogP contribution in [0.25, 0.3) is 0 Å². The maximum absolute atomic E-state index is 5.64. The molecule has 2 atom stereocenters. The van der Waals surface area contributed by atoms with Gasteiger partial charge in [0, 0.05) is 13.0 Å². The Hall–Kier alpha value is -0.420. The summed E-state index contributed by atoms with van der Waals surface area (Å²) in [4.78, 5) is 4.54. The quantitative estimate of drug-likeness (QED) is 0.799. The Labute approximate surface area is 104 Å². The molecule has 1 fully saturated rings. The van der Waals surface area contributed by atoms with Crippen LogP contribution in [0, 0.1) is 0 Å². The first-order valence-electron chi connectivity index (χ1n) is 5.87. The number of nitrogens with zero attached hydrogens (tertiary/aromatic N) is 2. The number of hydrogen-bond donors (Lipinski definition) is 0. The zero-order valence-corrected chi connectivity index (χ0v) is 11.1. The molecule has 0 spiro atoms. The molecule has 2 heterocycles. The fraction of sp³-hybridized carbons (Fsp3) is 0.818. The van der Waals surface area contributed by atoms with Crippen LogP contribution < -0.4 is 0 Å². The largest absolute Gasteiger partial charge is 0.378 e. The second kappa shape index (κ2) is 5.77. The first-order valence-corrected chi connectivity index (χ1v) is 6.79. The Morgan fingerprint density at radius 1 is 1.50 bits per heavy atom. The third-order valence-electron chi connectivity index (χ3n) is 2.79. The molecule has 2 unspecified atom stereocenters. The lowest BCUT2D eigenvalue weighted by Crippen LogP contribution is -2.21. The molecule has 5 heteroatoms. The third-order valence-corrected chi connectivity index (χ3v) is 3.83. The van der Waals surface area contributed by atoms with Gasteiger partial charge in [-0.3, -0.25) is 0 Å². The van der Waals surface area contributed by atoms with Gasteiger partial charge in [-0.2, -0.15) is 4.98 Å². The first-order chi connectivity index (χ1) is 7.79. The van der Waals surface area contributed by atoms with E-state index in [1.54, 1.807) is 0 Å². The molecule has 0 amide bonds. The molecule has 0 N–H and O–H groups in total. The minimum Gasteiger partial charge on any atom is -0.378 e. The number of aromatic nitrogens is 2. The van der Waals surface area contributed by atoms with E-state index in [9.17, 15) is 0 Å². The molecule has 0 aliphatic carbocycles. The van der Waals surface area contributed by atoms with Crippen molar-refractivity contribution in [2.45, 2.75) is 50.0 Å². The van der Waals surface area contributed by atoms with Crippen molar-refractivity contribution in [3.8, 4) is 0 Å². The van der Waals surface area contributed by atoms with Gasteiger partial charge in [-0.25, -0.2) is 0 Å². The van der Waals surface area contributed by atoms with Crippen molar-refractivity contribution in [3.05, 3.63) is 11.7 Å². The molecule has 1 aromatic rings. The molecule has 1 aliphatic rings. The zero-order valence-electron chi connectivity index (χ0n) is 9.49. The molecular weight excluding hydrogens is 272 g/mol. The van der Waals surface area contributed by atoms with E-state index in [0.29, 0.717) is 5.89 Å². The number of rotatable bonds is 4. The molecule has 90 valence electrons. The maximum atomic E-state index is 5.64. The molecule has 2 rings (SSSR count). The van der Waals surface area contributed by atoms with Crippen molar-refractivity contribution in [2.24, 2.45) is 0 Å². The van der Waals surface area contributed by atoms with Gasteiger partial charge in [-0.15, -0.1) is 0 Å². The fourth-order valence-electron chi connectivity index (χ4n) is 1.82. The fourth-order valence-corrected chi connectivity index (χ4v) is 2.01. The summed E-state index contributed by atoms with van der Waals surface area (Å²) in [6.45, 7) is 2.94. The van der Waals surface area contributed by atoms with E-state index in [2.05, 4.69) is 33.0 Å². The average molecular weight is 289 g/mol. The van der Waals surface area contributed by atoms with Crippen LogP contribution in [0.3, 0.4) is 0 Å². The summed E-state index contributed by atoms with van der Waals surface area (Å²) in [6.07, 6.45) is 5.51. The van der Waals surface area contributed by atoms with Crippen LogP contribution in [0.1, 0.15) is 49.1 Å². The van der Waals surface area contributed by atoms with E-state index >= 15 is 0 Å². The van der Waals surface area contributed by atoms with Gasteiger partial charge in [-0.1, -0.05) is 28.0 Å². The van der Waals surface area contributed by atoms with Gasteiger partial charge in [0.2, 0.25) is 5.89 Å². The van der Waals surface area contributed by atoms with Crippen LogP contribution in [0.15, 0.2) is 4.52 Å². The van der Waals surface area contributed by atoms with Gasteiger partial charge in [0.15, 0.2) is 5.82 Å². The summed E-state index contributed by atoms with van der Waals surface area (Å²) >= 11 is 3.50. The molecule has 1 saturated heterocycles. The topological polar surface area (TPSA) is 48.2 Å². The molecule has 1 aliphatic heterocycles. The molecule has 16 heavy (non-hydrogen) atoms. The SMILES string of the molecule is CCC(Br)c1nc(CC2CCCCO2)no1. The Bertz CT molecular complexity index is 324. The predicted octanol–water partition coefficient (Wildman–Crippen LogP) is 3.03. The average Bonchev–Trinajstić information content (AvgIpc) is 2.78. The molecule has 0 saturated carbocycles. The van der Waals surface area contributed by atoms with Crippen molar-refractivity contribution >= 4 is 15.9 Å². The molecule has 0 aromatic carbocycles. The summed E-state index contributed by atoms with van der Waals surface area (Å²) in [5.74, 6) is 1.44. The highest BCUT2D eigenvalue weighted by molar-refractivity contribution is 9.09. The lowest BCUT2D eigenvalue weighted by molar-refractivity contribution is 0.0153. The van der Waals surface area contributed by atoms with Crippen molar-refractivity contribution in [1.82, 2.24) is 10.1 Å². The van der Waals surface area contributed by atoms with Gasteiger partial charge in [-0.05, 0) is 25.7 Å².